The molecular weight excluding hydrogens is 260 g/mol. The SMILES string of the molecule is O=C(Nc1ccccc1O)c1noc(C2CCCN2)n1. The maximum absolute atomic E-state index is 12.0. The van der Waals surface area contributed by atoms with Crippen LogP contribution in [-0.4, -0.2) is 27.7 Å². The second-order valence-corrected chi connectivity index (χ2v) is 4.58. The molecule has 0 aliphatic carbocycles. The van der Waals surface area contributed by atoms with E-state index in [0.29, 0.717) is 11.6 Å². The zero-order valence-corrected chi connectivity index (χ0v) is 10.7. The summed E-state index contributed by atoms with van der Waals surface area (Å²) < 4.78 is 5.09. The van der Waals surface area contributed by atoms with Crippen molar-refractivity contribution < 1.29 is 14.4 Å². The zero-order chi connectivity index (χ0) is 13.9. The lowest BCUT2D eigenvalue weighted by Crippen LogP contribution is -2.15. The molecule has 1 saturated heterocycles. The number of aromatic hydroxyl groups is 1. The first kappa shape index (κ1) is 12.6. The molecule has 1 atom stereocenters. The molecule has 1 aromatic heterocycles. The van der Waals surface area contributed by atoms with Crippen molar-refractivity contribution in [2.45, 2.75) is 18.9 Å². The van der Waals surface area contributed by atoms with Crippen molar-refractivity contribution >= 4 is 11.6 Å². The largest absolute Gasteiger partial charge is 0.506 e. The molecule has 0 radical (unpaired) electrons. The predicted octanol–water partition coefficient (Wildman–Crippen LogP) is 1.45. The third kappa shape index (κ3) is 2.48. The lowest BCUT2D eigenvalue weighted by atomic mass is 10.2. The van der Waals surface area contributed by atoms with Gasteiger partial charge in [-0.25, -0.2) is 0 Å². The Morgan fingerprint density at radius 2 is 2.30 bits per heavy atom. The van der Waals surface area contributed by atoms with Crippen LogP contribution in [0.2, 0.25) is 0 Å². The molecule has 1 fully saturated rings. The third-order valence-electron chi connectivity index (χ3n) is 3.16. The highest BCUT2D eigenvalue weighted by Crippen LogP contribution is 2.23. The molecule has 0 saturated carbocycles. The Kier molecular flexibility index (Phi) is 3.34. The van der Waals surface area contributed by atoms with Crippen molar-refractivity contribution in [1.29, 1.82) is 0 Å². The fourth-order valence-corrected chi connectivity index (χ4v) is 2.12. The fourth-order valence-electron chi connectivity index (χ4n) is 2.12. The number of phenols is 1. The molecule has 1 amide bonds. The minimum Gasteiger partial charge on any atom is -0.506 e. The van der Waals surface area contributed by atoms with Gasteiger partial charge in [0.25, 0.3) is 11.7 Å². The minimum atomic E-state index is -0.514. The topological polar surface area (TPSA) is 100 Å². The van der Waals surface area contributed by atoms with Gasteiger partial charge in [0.05, 0.1) is 11.7 Å². The molecule has 1 aliphatic heterocycles. The summed E-state index contributed by atoms with van der Waals surface area (Å²) in [5.74, 6) is -0.150. The summed E-state index contributed by atoms with van der Waals surface area (Å²) in [6.45, 7) is 0.909. The van der Waals surface area contributed by atoms with E-state index in [-0.39, 0.29) is 17.6 Å². The molecule has 0 spiro atoms. The quantitative estimate of drug-likeness (QED) is 0.732. The number of aromatic nitrogens is 2. The van der Waals surface area contributed by atoms with Gasteiger partial charge in [0.15, 0.2) is 0 Å². The van der Waals surface area contributed by atoms with Crippen molar-refractivity contribution in [3.63, 3.8) is 0 Å². The smallest absolute Gasteiger partial charge is 0.297 e. The highest BCUT2D eigenvalue weighted by molar-refractivity contribution is 6.02. The van der Waals surface area contributed by atoms with E-state index in [1.165, 1.54) is 6.07 Å². The van der Waals surface area contributed by atoms with E-state index in [1.807, 2.05) is 0 Å². The number of anilines is 1. The van der Waals surface area contributed by atoms with Crippen molar-refractivity contribution in [3.8, 4) is 5.75 Å². The number of rotatable bonds is 3. The van der Waals surface area contributed by atoms with E-state index in [9.17, 15) is 9.90 Å². The summed E-state index contributed by atoms with van der Waals surface area (Å²) in [7, 11) is 0. The second kappa shape index (κ2) is 5.30. The van der Waals surface area contributed by atoms with E-state index in [2.05, 4.69) is 20.8 Å². The van der Waals surface area contributed by atoms with Crippen molar-refractivity contribution in [2.75, 3.05) is 11.9 Å². The lowest BCUT2D eigenvalue weighted by Gasteiger charge is -2.04. The predicted molar refractivity (Wildman–Crippen MR) is 70.3 cm³/mol. The van der Waals surface area contributed by atoms with Crippen molar-refractivity contribution in [3.05, 3.63) is 36.0 Å². The number of carbonyl (C=O) groups excluding carboxylic acids is 1. The van der Waals surface area contributed by atoms with Gasteiger partial charge in [-0.15, -0.1) is 0 Å². The van der Waals surface area contributed by atoms with Gasteiger partial charge in [-0.2, -0.15) is 4.98 Å². The number of benzene rings is 1. The van der Waals surface area contributed by atoms with Crippen LogP contribution in [0.25, 0.3) is 0 Å². The standard InChI is InChI=1S/C13H14N4O3/c18-10-6-2-1-4-8(10)15-12(19)11-16-13(20-17-11)9-5-3-7-14-9/h1-2,4,6,9,14,18H,3,5,7H2,(H,15,19). The molecule has 7 nitrogen and oxygen atoms in total. The van der Waals surface area contributed by atoms with Crippen LogP contribution in [0.1, 0.15) is 35.4 Å². The zero-order valence-electron chi connectivity index (χ0n) is 10.7. The Labute approximate surface area is 115 Å². The normalized spacial score (nSPS) is 18.1. The van der Waals surface area contributed by atoms with Gasteiger partial charge in [-0.1, -0.05) is 17.3 Å². The van der Waals surface area contributed by atoms with E-state index in [1.54, 1.807) is 18.2 Å². The first-order chi connectivity index (χ1) is 9.74. The number of nitrogens with zero attached hydrogens (tertiary/aromatic N) is 2. The number of carbonyl (C=O) groups is 1. The Balaban J connectivity index is 1.73. The molecule has 3 N–H and O–H groups in total. The van der Waals surface area contributed by atoms with Crippen molar-refractivity contribution in [1.82, 2.24) is 15.5 Å². The summed E-state index contributed by atoms with van der Waals surface area (Å²) in [5, 5.41) is 19.0. The Hall–Kier alpha value is -2.41. The molecule has 20 heavy (non-hydrogen) atoms. The molecule has 2 aromatic rings. The fraction of sp³-hybridized carbons (Fsp3) is 0.308. The first-order valence-corrected chi connectivity index (χ1v) is 6.40. The number of hydrogen-bond donors (Lipinski definition) is 3. The molecule has 1 aliphatic rings. The average molecular weight is 274 g/mol. The summed E-state index contributed by atoms with van der Waals surface area (Å²) in [6, 6.07) is 6.48. The Morgan fingerprint density at radius 1 is 1.45 bits per heavy atom. The second-order valence-electron chi connectivity index (χ2n) is 4.58. The minimum absolute atomic E-state index is 0.0120. The molecule has 3 rings (SSSR count). The van der Waals surface area contributed by atoms with Gasteiger partial charge >= 0.3 is 0 Å². The van der Waals surface area contributed by atoms with Crippen LogP contribution in [0.5, 0.6) is 5.75 Å². The van der Waals surface area contributed by atoms with E-state index < -0.39 is 5.91 Å². The number of amides is 1. The Bertz CT molecular complexity index is 620. The maximum atomic E-state index is 12.0. The summed E-state index contributed by atoms with van der Waals surface area (Å²) in [4.78, 5) is 16.1. The monoisotopic (exact) mass is 274 g/mol. The molecular formula is C13H14N4O3. The van der Waals surface area contributed by atoms with E-state index >= 15 is 0 Å². The molecule has 2 heterocycles. The van der Waals surface area contributed by atoms with Gasteiger partial charge in [-0.3, -0.25) is 4.79 Å². The van der Waals surface area contributed by atoms with Crippen LogP contribution >= 0.6 is 0 Å². The number of para-hydroxylation sites is 2. The Morgan fingerprint density at radius 3 is 3.05 bits per heavy atom. The van der Waals surface area contributed by atoms with E-state index in [0.717, 1.165) is 19.4 Å². The van der Waals surface area contributed by atoms with Gasteiger partial charge in [0, 0.05) is 0 Å². The third-order valence-corrected chi connectivity index (χ3v) is 3.16. The highest BCUT2D eigenvalue weighted by atomic mass is 16.5. The maximum Gasteiger partial charge on any atom is 0.297 e. The van der Waals surface area contributed by atoms with Crippen LogP contribution in [-0.2, 0) is 0 Å². The summed E-state index contributed by atoms with van der Waals surface area (Å²) in [6.07, 6.45) is 1.97. The van der Waals surface area contributed by atoms with Crippen LogP contribution in [0.3, 0.4) is 0 Å². The molecule has 1 aromatic carbocycles. The summed E-state index contributed by atoms with van der Waals surface area (Å²) >= 11 is 0. The van der Waals surface area contributed by atoms with Crippen molar-refractivity contribution in [2.24, 2.45) is 0 Å². The molecule has 7 heteroatoms. The van der Waals surface area contributed by atoms with Crippen LogP contribution in [0, 0.1) is 0 Å². The highest BCUT2D eigenvalue weighted by Gasteiger charge is 2.24. The number of phenolic OH excluding ortho intramolecular Hbond substituents is 1. The molecule has 0 bridgehead atoms. The van der Waals surface area contributed by atoms with Crippen LogP contribution in [0.4, 0.5) is 5.69 Å². The van der Waals surface area contributed by atoms with Gasteiger partial charge < -0.3 is 20.3 Å². The van der Waals surface area contributed by atoms with E-state index in [4.69, 9.17) is 4.52 Å². The average Bonchev–Trinajstić information content (AvgIpc) is 3.11. The number of hydrogen-bond acceptors (Lipinski definition) is 6. The van der Waals surface area contributed by atoms with Crippen LogP contribution in [0.15, 0.2) is 28.8 Å². The summed E-state index contributed by atoms with van der Waals surface area (Å²) in [5.41, 5.74) is 0.308. The van der Waals surface area contributed by atoms with Gasteiger partial charge in [-0.05, 0) is 31.5 Å². The molecule has 104 valence electrons. The number of nitrogens with one attached hydrogen (secondary N) is 2. The van der Waals surface area contributed by atoms with Gasteiger partial charge in [0.1, 0.15) is 5.75 Å². The lowest BCUT2D eigenvalue weighted by molar-refractivity contribution is 0.101. The van der Waals surface area contributed by atoms with Crippen LogP contribution < -0.4 is 10.6 Å². The first-order valence-electron chi connectivity index (χ1n) is 6.40. The molecule has 1 unspecified atom stereocenters. The van der Waals surface area contributed by atoms with Gasteiger partial charge in [0.2, 0.25) is 5.89 Å².